The second-order valence-electron chi connectivity index (χ2n) is 9.14. The zero-order valence-electron chi connectivity index (χ0n) is 20.6. The summed E-state index contributed by atoms with van der Waals surface area (Å²) >= 11 is 0. The van der Waals surface area contributed by atoms with Crippen LogP contribution in [0.1, 0.15) is 24.4 Å². The smallest absolute Gasteiger partial charge is 0.399 e. The minimum absolute atomic E-state index is 0.0814. The summed E-state index contributed by atoms with van der Waals surface area (Å²) in [4.78, 5) is 22.0. The quantitative estimate of drug-likeness (QED) is 0.411. The molecule has 3 aromatic heterocycles. The van der Waals surface area contributed by atoms with E-state index in [0.717, 1.165) is 12.3 Å². The molecule has 0 radical (unpaired) electrons. The Balaban J connectivity index is 1.39. The Morgan fingerprint density at radius 1 is 1.03 bits per heavy atom. The van der Waals surface area contributed by atoms with E-state index < -0.39 is 30.2 Å². The first kappa shape index (κ1) is 25.8. The van der Waals surface area contributed by atoms with Crippen molar-refractivity contribution in [3.05, 3.63) is 42.1 Å². The van der Waals surface area contributed by atoms with Gasteiger partial charge in [0, 0.05) is 24.5 Å². The topological polar surface area (TPSA) is 95.4 Å². The largest absolute Gasteiger partial charge is 0.482 e. The maximum atomic E-state index is 15.0. The Hall–Kier alpha value is -3.84. The van der Waals surface area contributed by atoms with Gasteiger partial charge in [-0.3, -0.25) is 4.98 Å². The highest BCUT2D eigenvalue weighted by Crippen LogP contribution is 2.58. The van der Waals surface area contributed by atoms with Crippen LogP contribution in [0.4, 0.5) is 27.8 Å². The number of hydrogen-bond donors (Lipinski definition) is 0. The molecular weight excluding hydrogens is 515 g/mol. The lowest BCUT2D eigenvalue weighted by molar-refractivity contribution is -0.161. The summed E-state index contributed by atoms with van der Waals surface area (Å²) in [6.07, 6.45) is -3.72. The highest BCUT2D eigenvalue weighted by Gasteiger charge is 2.65. The lowest BCUT2D eigenvalue weighted by Crippen LogP contribution is -2.36. The van der Waals surface area contributed by atoms with Gasteiger partial charge < -0.3 is 19.1 Å². The number of rotatable bonds is 7. The third-order valence-corrected chi connectivity index (χ3v) is 6.58. The molecule has 0 bridgehead atoms. The molecule has 2 fully saturated rings. The van der Waals surface area contributed by atoms with Crippen LogP contribution in [0.15, 0.2) is 30.6 Å². The Kier molecular flexibility index (Phi) is 6.22. The molecule has 0 amide bonds. The van der Waals surface area contributed by atoms with Crippen molar-refractivity contribution >= 4 is 5.82 Å². The molecule has 1 saturated heterocycles. The first-order chi connectivity index (χ1) is 18.0. The molecule has 1 saturated carbocycles. The van der Waals surface area contributed by atoms with Crippen molar-refractivity contribution in [2.24, 2.45) is 0 Å². The predicted molar refractivity (Wildman–Crippen MR) is 124 cm³/mol. The standard InChI is InChI=1S/C24H23F5N6O3/c1-13-32-16(15-10-31-21(37-3)34-20(15)36-2)9-19(33-13)35-11-18(23(25,26)12-35)38-14-4-7-30-17(8-14)22(5-6-22)24(27,28)29/h4,7-10,18H,5-6,11-12H2,1-3H3. The Labute approximate surface area is 214 Å². The van der Waals surface area contributed by atoms with Gasteiger partial charge in [0.15, 0.2) is 6.10 Å². The molecule has 1 atom stereocenters. The Morgan fingerprint density at radius 2 is 1.79 bits per heavy atom. The van der Waals surface area contributed by atoms with Gasteiger partial charge in [0.25, 0.3) is 0 Å². The van der Waals surface area contributed by atoms with E-state index >= 15 is 8.78 Å². The first-order valence-electron chi connectivity index (χ1n) is 11.6. The average molecular weight is 538 g/mol. The molecule has 1 aliphatic heterocycles. The molecule has 1 aliphatic carbocycles. The van der Waals surface area contributed by atoms with Crippen LogP contribution in [0.5, 0.6) is 17.6 Å². The van der Waals surface area contributed by atoms with Crippen LogP contribution >= 0.6 is 0 Å². The van der Waals surface area contributed by atoms with Crippen molar-refractivity contribution in [2.75, 3.05) is 32.2 Å². The van der Waals surface area contributed by atoms with Crippen LogP contribution in [0.2, 0.25) is 0 Å². The van der Waals surface area contributed by atoms with Crippen molar-refractivity contribution in [3.8, 4) is 28.9 Å². The number of ether oxygens (including phenoxy) is 3. The van der Waals surface area contributed by atoms with E-state index in [0.29, 0.717) is 17.1 Å². The zero-order valence-corrected chi connectivity index (χ0v) is 20.6. The number of alkyl halides is 5. The SMILES string of the molecule is COc1ncc(-c2cc(N3CC(Oc4ccnc(C5(C(F)(F)F)CC5)c4)C(F)(F)C3)nc(C)n2)c(OC)n1. The van der Waals surface area contributed by atoms with E-state index in [-0.39, 0.29) is 48.5 Å². The Bertz CT molecular complexity index is 1350. The van der Waals surface area contributed by atoms with Gasteiger partial charge in [0.2, 0.25) is 5.88 Å². The molecule has 0 N–H and O–H groups in total. The van der Waals surface area contributed by atoms with E-state index in [1.165, 1.54) is 37.4 Å². The van der Waals surface area contributed by atoms with Crippen molar-refractivity contribution in [3.63, 3.8) is 0 Å². The van der Waals surface area contributed by atoms with E-state index in [2.05, 4.69) is 24.9 Å². The molecule has 2 aliphatic rings. The van der Waals surface area contributed by atoms with Crippen molar-refractivity contribution in [1.29, 1.82) is 0 Å². The third kappa shape index (κ3) is 4.63. The molecule has 0 spiro atoms. The van der Waals surface area contributed by atoms with E-state index in [1.54, 1.807) is 6.92 Å². The summed E-state index contributed by atoms with van der Waals surface area (Å²) in [5.74, 6) is -2.72. The fourth-order valence-corrected chi connectivity index (χ4v) is 4.41. The summed E-state index contributed by atoms with van der Waals surface area (Å²) in [5.41, 5.74) is -1.52. The van der Waals surface area contributed by atoms with Gasteiger partial charge in [0.05, 0.1) is 44.3 Å². The zero-order chi connectivity index (χ0) is 27.3. The average Bonchev–Trinajstić information content (AvgIpc) is 3.64. The summed E-state index contributed by atoms with van der Waals surface area (Å²) in [6.45, 7) is 0.633. The van der Waals surface area contributed by atoms with Crippen LogP contribution in [-0.4, -0.2) is 70.4 Å². The molecule has 38 heavy (non-hydrogen) atoms. The van der Waals surface area contributed by atoms with Crippen LogP contribution in [0, 0.1) is 6.92 Å². The van der Waals surface area contributed by atoms with Gasteiger partial charge in [-0.05, 0) is 25.8 Å². The lowest BCUT2D eigenvalue weighted by atomic mass is 10.0. The number of halogens is 5. The maximum Gasteiger partial charge on any atom is 0.399 e. The van der Waals surface area contributed by atoms with Crippen LogP contribution in [0.25, 0.3) is 11.3 Å². The molecule has 14 heteroatoms. The van der Waals surface area contributed by atoms with E-state index in [1.807, 2.05) is 0 Å². The van der Waals surface area contributed by atoms with E-state index in [9.17, 15) is 13.2 Å². The van der Waals surface area contributed by atoms with Crippen molar-refractivity contribution in [2.45, 2.75) is 43.4 Å². The fourth-order valence-electron chi connectivity index (χ4n) is 4.41. The monoisotopic (exact) mass is 538 g/mol. The molecule has 5 rings (SSSR count). The summed E-state index contributed by atoms with van der Waals surface area (Å²) in [7, 11) is 2.81. The fraction of sp³-hybridized carbons (Fsp3) is 0.458. The van der Waals surface area contributed by atoms with Crippen molar-refractivity contribution < 1.29 is 36.2 Å². The minimum Gasteiger partial charge on any atom is -0.482 e. The molecule has 3 aromatic rings. The number of anilines is 1. The Morgan fingerprint density at radius 3 is 2.45 bits per heavy atom. The molecular formula is C24H23F5N6O3. The normalized spacial score (nSPS) is 19.8. The summed E-state index contributed by atoms with van der Waals surface area (Å²) in [5, 5.41) is 0. The molecule has 1 unspecified atom stereocenters. The minimum atomic E-state index is -4.48. The van der Waals surface area contributed by atoms with Gasteiger partial charge in [-0.25, -0.2) is 23.7 Å². The maximum absolute atomic E-state index is 15.0. The highest BCUT2D eigenvalue weighted by atomic mass is 19.4. The molecule has 202 valence electrons. The highest BCUT2D eigenvalue weighted by molar-refractivity contribution is 5.67. The predicted octanol–water partition coefficient (Wildman–Crippen LogP) is 4.15. The van der Waals surface area contributed by atoms with Crippen LogP contribution < -0.4 is 19.1 Å². The summed E-state index contributed by atoms with van der Waals surface area (Å²) in [6, 6.07) is 3.96. The number of methoxy groups -OCH3 is 2. The van der Waals surface area contributed by atoms with Gasteiger partial charge >= 0.3 is 18.1 Å². The van der Waals surface area contributed by atoms with Gasteiger partial charge in [0.1, 0.15) is 22.8 Å². The number of hydrogen-bond acceptors (Lipinski definition) is 9. The van der Waals surface area contributed by atoms with E-state index in [4.69, 9.17) is 14.2 Å². The van der Waals surface area contributed by atoms with Crippen molar-refractivity contribution in [1.82, 2.24) is 24.9 Å². The van der Waals surface area contributed by atoms with Crippen LogP contribution in [-0.2, 0) is 5.41 Å². The lowest BCUT2D eigenvalue weighted by Gasteiger charge is -2.22. The number of aryl methyl sites for hydroxylation is 1. The molecule has 4 heterocycles. The second kappa shape index (κ2) is 9.17. The number of pyridine rings is 1. The third-order valence-electron chi connectivity index (χ3n) is 6.58. The van der Waals surface area contributed by atoms with Gasteiger partial charge in [-0.1, -0.05) is 0 Å². The van der Waals surface area contributed by atoms with Crippen LogP contribution in [0.3, 0.4) is 0 Å². The number of aromatic nitrogens is 5. The number of nitrogens with zero attached hydrogens (tertiary/aromatic N) is 6. The molecule has 0 aromatic carbocycles. The van der Waals surface area contributed by atoms with Gasteiger partial charge in [-0.2, -0.15) is 18.2 Å². The summed E-state index contributed by atoms with van der Waals surface area (Å²) < 4.78 is 86.4. The van der Waals surface area contributed by atoms with Gasteiger partial charge in [-0.15, -0.1) is 0 Å². The first-order valence-corrected chi connectivity index (χ1v) is 11.6. The second-order valence-corrected chi connectivity index (χ2v) is 9.14. The molecule has 9 nitrogen and oxygen atoms in total.